The highest BCUT2D eigenvalue weighted by Crippen LogP contribution is 2.31. The monoisotopic (exact) mass is 379 g/mol. The SMILES string of the molecule is CCC(=O)Nc1ccc(C(=O)Nc2nc(-c3ccccc3)c(CC)s2)cc1. The van der Waals surface area contributed by atoms with Gasteiger partial charge in [-0.2, -0.15) is 0 Å². The summed E-state index contributed by atoms with van der Waals surface area (Å²) in [6, 6.07) is 16.8. The molecular formula is C21H21N3O2S. The number of carbonyl (C=O) groups is 2. The maximum absolute atomic E-state index is 12.5. The van der Waals surface area contributed by atoms with Gasteiger partial charge in [0.05, 0.1) is 5.69 Å². The Morgan fingerprint density at radius 1 is 0.963 bits per heavy atom. The van der Waals surface area contributed by atoms with Gasteiger partial charge in [-0.3, -0.25) is 14.9 Å². The van der Waals surface area contributed by atoms with E-state index in [1.807, 2.05) is 30.3 Å². The second-order valence-electron chi connectivity index (χ2n) is 5.94. The summed E-state index contributed by atoms with van der Waals surface area (Å²) in [6.45, 7) is 3.87. The molecular weight excluding hydrogens is 358 g/mol. The zero-order chi connectivity index (χ0) is 19.2. The van der Waals surface area contributed by atoms with Gasteiger partial charge < -0.3 is 5.32 Å². The van der Waals surface area contributed by atoms with Crippen LogP contribution in [-0.2, 0) is 11.2 Å². The number of aryl methyl sites for hydroxylation is 1. The number of thiazole rings is 1. The van der Waals surface area contributed by atoms with Crippen molar-refractivity contribution in [3.05, 3.63) is 65.0 Å². The standard InChI is InChI=1S/C21H21N3O2S/c1-3-17-19(14-8-6-5-7-9-14)23-21(27-17)24-20(26)15-10-12-16(13-11-15)22-18(25)4-2/h5-13H,3-4H2,1-2H3,(H,22,25)(H,23,24,26). The fourth-order valence-corrected chi connectivity index (χ4v) is 3.51. The minimum Gasteiger partial charge on any atom is -0.326 e. The average molecular weight is 379 g/mol. The van der Waals surface area contributed by atoms with Crippen molar-refractivity contribution >= 4 is 34.0 Å². The summed E-state index contributed by atoms with van der Waals surface area (Å²) in [7, 11) is 0. The van der Waals surface area contributed by atoms with Crippen molar-refractivity contribution < 1.29 is 9.59 Å². The van der Waals surface area contributed by atoms with Gasteiger partial charge in [-0.25, -0.2) is 4.98 Å². The molecule has 1 heterocycles. The Labute approximate surface area is 162 Å². The van der Waals surface area contributed by atoms with Crippen LogP contribution in [0, 0.1) is 0 Å². The van der Waals surface area contributed by atoms with Crippen molar-refractivity contribution in [2.45, 2.75) is 26.7 Å². The Hall–Kier alpha value is -2.99. The summed E-state index contributed by atoms with van der Waals surface area (Å²) in [5.74, 6) is -0.282. The summed E-state index contributed by atoms with van der Waals surface area (Å²) < 4.78 is 0. The second-order valence-corrected chi connectivity index (χ2v) is 7.03. The van der Waals surface area contributed by atoms with E-state index in [2.05, 4.69) is 22.5 Å². The van der Waals surface area contributed by atoms with E-state index in [1.165, 1.54) is 11.3 Å². The van der Waals surface area contributed by atoms with Crippen molar-refractivity contribution in [1.29, 1.82) is 0 Å². The first-order chi connectivity index (χ1) is 13.1. The number of benzene rings is 2. The van der Waals surface area contributed by atoms with Crippen LogP contribution in [0.1, 0.15) is 35.5 Å². The molecule has 3 rings (SSSR count). The third kappa shape index (κ3) is 4.60. The summed E-state index contributed by atoms with van der Waals surface area (Å²) >= 11 is 1.49. The number of anilines is 2. The lowest BCUT2D eigenvalue weighted by molar-refractivity contribution is -0.115. The molecule has 0 spiro atoms. The van der Waals surface area contributed by atoms with E-state index >= 15 is 0 Å². The number of amides is 2. The van der Waals surface area contributed by atoms with E-state index in [1.54, 1.807) is 31.2 Å². The minimum absolute atomic E-state index is 0.0597. The Balaban J connectivity index is 1.74. The average Bonchev–Trinajstić information content (AvgIpc) is 3.12. The minimum atomic E-state index is -0.223. The van der Waals surface area contributed by atoms with Crippen LogP contribution in [0.25, 0.3) is 11.3 Å². The Morgan fingerprint density at radius 3 is 2.30 bits per heavy atom. The van der Waals surface area contributed by atoms with E-state index in [0.29, 0.717) is 22.8 Å². The molecule has 6 heteroatoms. The third-order valence-corrected chi connectivity index (χ3v) is 5.15. The van der Waals surface area contributed by atoms with E-state index in [0.717, 1.165) is 22.6 Å². The van der Waals surface area contributed by atoms with Crippen LogP contribution in [0.5, 0.6) is 0 Å². The van der Waals surface area contributed by atoms with Gasteiger partial charge in [0.2, 0.25) is 5.91 Å². The van der Waals surface area contributed by atoms with Gasteiger partial charge in [-0.15, -0.1) is 11.3 Å². The number of nitrogens with one attached hydrogen (secondary N) is 2. The quantitative estimate of drug-likeness (QED) is 0.635. The molecule has 0 saturated carbocycles. The Kier molecular flexibility index (Phi) is 5.98. The van der Waals surface area contributed by atoms with E-state index < -0.39 is 0 Å². The van der Waals surface area contributed by atoms with Crippen molar-refractivity contribution in [2.75, 3.05) is 10.6 Å². The smallest absolute Gasteiger partial charge is 0.257 e. The molecule has 0 bridgehead atoms. The fraction of sp³-hybridized carbons (Fsp3) is 0.190. The molecule has 0 radical (unpaired) electrons. The predicted octanol–water partition coefficient (Wildman–Crippen LogP) is 4.97. The predicted molar refractivity (Wildman–Crippen MR) is 110 cm³/mol. The van der Waals surface area contributed by atoms with Crippen LogP contribution in [-0.4, -0.2) is 16.8 Å². The van der Waals surface area contributed by atoms with Crippen LogP contribution in [0.2, 0.25) is 0 Å². The lowest BCUT2D eigenvalue weighted by Gasteiger charge is -2.05. The molecule has 2 amide bonds. The molecule has 0 aliphatic heterocycles. The highest BCUT2D eigenvalue weighted by molar-refractivity contribution is 7.16. The molecule has 2 aromatic carbocycles. The largest absolute Gasteiger partial charge is 0.326 e. The highest BCUT2D eigenvalue weighted by atomic mass is 32.1. The first kappa shape index (κ1) is 18.8. The third-order valence-electron chi connectivity index (χ3n) is 4.04. The van der Waals surface area contributed by atoms with Crippen LogP contribution >= 0.6 is 11.3 Å². The molecule has 0 saturated heterocycles. The topological polar surface area (TPSA) is 71.1 Å². The lowest BCUT2D eigenvalue weighted by Crippen LogP contribution is -2.12. The van der Waals surface area contributed by atoms with Crippen molar-refractivity contribution in [3.8, 4) is 11.3 Å². The molecule has 0 fully saturated rings. The second kappa shape index (κ2) is 8.60. The first-order valence-corrected chi connectivity index (χ1v) is 9.68. The van der Waals surface area contributed by atoms with E-state index in [-0.39, 0.29) is 11.8 Å². The van der Waals surface area contributed by atoms with Crippen LogP contribution < -0.4 is 10.6 Å². The van der Waals surface area contributed by atoms with Gasteiger partial charge in [-0.1, -0.05) is 44.2 Å². The van der Waals surface area contributed by atoms with Gasteiger partial charge in [-0.05, 0) is 30.7 Å². The Bertz CT molecular complexity index is 934. The first-order valence-electron chi connectivity index (χ1n) is 8.87. The van der Waals surface area contributed by atoms with Crippen molar-refractivity contribution in [3.63, 3.8) is 0 Å². The Morgan fingerprint density at radius 2 is 1.67 bits per heavy atom. The summed E-state index contributed by atoms with van der Waals surface area (Å²) in [5.41, 5.74) is 3.14. The number of hydrogen-bond donors (Lipinski definition) is 2. The zero-order valence-electron chi connectivity index (χ0n) is 15.3. The molecule has 3 aromatic rings. The normalized spacial score (nSPS) is 10.4. The van der Waals surface area contributed by atoms with E-state index in [4.69, 9.17) is 0 Å². The molecule has 0 aliphatic rings. The molecule has 0 atom stereocenters. The molecule has 5 nitrogen and oxygen atoms in total. The molecule has 27 heavy (non-hydrogen) atoms. The maximum Gasteiger partial charge on any atom is 0.257 e. The van der Waals surface area contributed by atoms with Gasteiger partial charge >= 0.3 is 0 Å². The maximum atomic E-state index is 12.5. The summed E-state index contributed by atoms with van der Waals surface area (Å²) in [5, 5.41) is 6.22. The van der Waals surface area contributed by atoms with Crippen molar-refractivity contribution in [1.82, 2.24) is 4.98 Å². The van der Waals surface area contributed by atoms with Gasteiger partial charge in [0.1, 0.15) is 0 Å². The molecule has 1 aromatic heterocycles. The number of aromatic nitrogens is 1. The zero-order valence-corrected chi connectivity index (χ0v) is 16.1. The highest BCUT2D eigenvalue weighted by Gasteiger charge is 2.14. The molecule has 0 aliphatic carbocycles. The van der Waals surface area contributed by atoms with E-state index in [9.17, 15) is 9.59 Å². The van der Waals surface area contributed by atoms with Crippen LogP contribution in [0.15, 0.2) is 54.6 Å². The van der Waals surface area contributed by atoms with Gasteiger partial charge in [0.15, 0.2) is 5.13 Å². The van der Waals surface area contributed by atoms with Crippen molar-refractivity contribution in [2.24, 2.45) is 0 Å². The van der Waals surface area contributed by atoms with Crippen LogP contribution in [0.3, 0.4) is 0 Å². The number of rotatable bonds is 6. The molecule has 0 unspecified atom stereocenters. The number of hydrogen-bond acceptors (Lipinski definition) is 4. The lowest BCUT2D eigenvalue weighted by atomic mass is 10.1. The van der Waals surface area contributed by atoms with Crippen LogP contribution in [0.4, 0.5) is 10.8 Å². The number of nitrogens with zero attached hydrogens (tertiary/aromatic N) is 1. The molecule has 138 valence electrons. The van der Waals surface area contributed by atoms with Gasteiger partial charge in [0, 0.05) is 28.1 Å². The summed E-state index contributed by atoms with van der Waals surface area (Å²) in [6.07, 6.45) is 1.26. The number of carbonyl (C=O) groups excluding carboxylic acids is 2. The molecule has 2 N–H and O–H groups in total. The van der Waals surface area contributed by atoms with Gasteiger partial charge in [0.25, 0.3) is 5.91 Å². The summed E-state index contributed by atoms with van der Waals surface area (Å²) in [4.78, 5) is 29.7. The fourth-order valence-electron chi connectivity index (χ4n) is 2.59.